The van der Waals surface area contributed by atoms with E-state index in [4.69, 9.17) is 4.74 Å². The van der Waals surface area contributed by atoms with Gasteiger partial charge >= 0.3 is 0 Å². The quantitative estimate of drug-likeness (QED) is 0.491. The number of anilines is 1. The third-order valence-corrected chi connectivity index (χ3v) is 5.71. The maximum atomic E-state index is 12.6. The molecule has 2 heterocycles. The van der Waals surface area contributed by atoms with Crippen molar-refractivity contribution in [3.05, 3.63) is 79.1 Å². The van der Waals surface area contributed by atoms with Gasteiger partial charge in [0.1, 0.15) is 11.9 Å². The second-order valence-electron chi connectivity index (χ2n) is 6.25. The topological polar surface area (TPSA) is 75.3 Å². The number of aromatic nitrogens is 2. The fraction of sp³-hybridized carbons (Fsp3) is 0.0952. The van der Waals surface area contributed by atoms with E-state index in [2.05, 4.69) is 9.71 Å². The van der Waals surface area contributed by atoms with Crippen molar-refractivity contribution in [1.82, 2.24) is 4.98 Å². The van der Waals surface area contributed by atoms with Gasteiger partial charge < -0.3 is 4.74 Å². The van der Waals surface area contributed by atoms with Crippen LogP contribution < -0.4 is 13.9 Å². The van der Waals surface area contributed by atoms with Crippen LogP contribution in [0.5, 0.6) is 5.75 Å². The Bertz CT molecular complexity index is 1160. The maximum Gasteiger partial charge on any atom is 0.284 e. The predicted molar refractivity (Wildman–Crippen MR) is 108 cm³/mol. The van der Waals surface area contributed by atoms with Gasteiger partial charge in [-0.25, -0.2) is 17.8 Å². The summed E-state index contributed by atoms with van der Waals surface area (Å²) in [6.45, 7) is 2.41. The number of aromatic amines is 1. The summed E-state index contributed by atoms with van der Waals surface area (Å²) in [6, 6.07) is 19.5. The maximum absolute atomic E-state index is 12.6. The van der Waals surface area contributed by atoms with Crippen LogP contribution in [0.1, 0.15) is 6.92 Å². The van der Waals surface area contributed by atoms with Crippen molar-refractivity contribution in [2.24, 2.45) is 0 Å². The molecule has 2 aromatic carbocycles. The average molecular weight is 394 g/mol. The van der Waals surface area contributed by atoms with E-state index in [1.54, 1.807) is 24.3 Å². The number of nitrogens with zero attached hydrogens (tertiary/aromatic N) is 1. The Morgan fingerprint density at radius 1 is 1.00 bits per heavy atom. The van der Waals surface area contributed by atoms with Gasteiger partial charge in [-0.3, -0.25) is 4.72 Å². The first-order valence-corrected chi connectivity index (χ1v) is 10.4. The molecule has 0 aliphatic heterocycles. The van der Waals surface area contributed by atoms with Gasteiger partial charge in [-0.15, -0.1) is 0 Å². The van der Waals surface area contributed by atoms with Gasteiger partial charge in [0.25, 0.3) is 15.7 Å². The number of ether oxygens (including phenoxy) is 1. The Hall–Kier alpha value is -3.32. The minimum atomic E-state index is -3.66. The summed E-state index contributed by atoms with van der Waals surface area (Å²) in [5.41, 5.74) is 3.40. The molecule has 0 saturated carbocycles. The summed E-state index contributed by atoms with van der Waals surface area (Å²) < 4.78 is 35.1. The minimum absolute atomic E-state index is 0.187. The summed E-state index contributed by atoms with van der Waals surface area (Å²) in [5.74, 6) is 0.641. The van der Waals surface area contributed by atoms with Gasteiger partial charge in [-0.1, -0.05) is 6.07 Å². The van der Waals surface area contributed by atoms with Gasteiger partial charge in [0.15, 0.2) is 5.69 Å². The van der Waals surface area contributed by atoms with Crippen molar-refractivity contribution in [1.29, 1.82) is 0 Å². The van der Waals surface area contributed by atoms with Crippen LogP contribution in [0.3, 0.4) is 0 Å². The van der Waals surface area contributed by atoms with Crippen LogP contribution in [0.4, 0.5) is 5.69 Å². The number of rotatable bonds is 6. The molecule has 0 fully saturated rings. The predicted octanol–water partition coefficient (Wildman–Crippen LogP) is 3.62. The molecule has 0 spiro atoms. The summed E-state index contributed by atoms with van der Waals surface area (Å²) in [6.07, 6.45) is 3.96. The normalized spacial score (nSPS) is 11.5. The first kappa shape index (κ1) is 18.1. The molecule has 4 aromatic rings. The molecule has 0 atom stereocenters. The molecule has 7 heteroatoms. The molecular weight excluding hydrogens is 374 g/mol. The number of pyridine rings is 1. The number of benzene rings is 2. The molecule has 6 nitrogen and oxygen atoms in total. The van der Waals surface area contributed by atoms with E-state index in [1.165, 1.54) is 12.1 Å². The number of imidazole rings is 1. The second kappa shape index (κ2) is 7.36. The number of hydrogen-bond acceptors (Lipinski definition) is 3. The van der Waals surface area contributed by atoms with Crippen LogP contribution in [-0.4, -0.2) is 20.0 Å². The Morgan fingerprint density at radius 3 is 2.43 bits per heavy atom. The first-order chi connectivity index (χ1) is 13.5. The van der Waals surface area contributed by atoms with Crippen molar-refractivity contribution in [3.8, 4) is 17.0 Å². The summed E-state index contributed by atoms with van der Waals surface area (Å²) in [4.78, 5) is 3.52. The molecule has 2 N–H and O–H groups in total. The van der Waals surface area contributed by atoms with E-state index in [1.807, 2.05) is 54.0 Å². The van der Waals surface area contributed by atoms with Gasteiger partial charge in [0.05, 0.1) is 17.7 Å². The second-order valence-corrected chi connectivity index (χ2v) is 7.93. The first-order valence-electron chi connectivity index (χ1n) is 8.90. The SMILES string of the molecule is CCOc1ccc(S(=O)(=O)Nc2ccc(-c3c[n+]4ccccc4[nH]3)cc2)cc1. The van der Waals surface area contributed by atoms with E-state index in [0.29, 0.717) is 18.0 Å². The van der Waals surface area contributed by atoms with Gasteiger partial charge in [-0.05, 0) is 61.5 Å². The summed E-state index contributed by atoms with van der Waals surface area (Å²) >= 11 is 0. The fourth-order valence-corrected chi connectivity index (χ4v) is 4.00. The van der Waals surface area contributed by atoms with E-state index >= 15 is 0 Å². The number of hydrogen-bond donors (Lipinski definition) is 2. The largest absolute Gasteiger partial charge is 0.494 e. The van der Waals surface area contributed by atoms with Crippen molar-refractivity contribution in [3.63, 3.8) is 0 Å². The zero-order chi connectivity index (χ0) is 19.6. The van der Waals surface area contributed by atoms with E-state index in [0.717, 1.165) is 16.9 Å². The highest BCUT2D eigenvalue weighted by molar-refractivity contribution is 7.92. The summed E-state index contributed by atoms with van der Waals surface area (Å²) in [7, 11) is -3.66. The third kappa shape index (κ3) is 3.70. The molecule has 0 saturated heterocycles. The Balaban J connectivity index is 1.53. The molecule has 0 aliphatic rings. The molecule has 0 aliphatic carbocycles. The van der Waals surface area contributed by atoms with Gasteiger partial charge in [0.2, 0.25) is 0 Å². The van der Waals surface area contributed by atoms with Crippen LogP contribution in [-0.2, 0) is 10.0 Å². The zero-order valence-electron chi connectivity index (χ0n) is 15.3. The molecule has 28 heavy (non-hydrogen) atoms. The minimum Gasteiger partial charge on any atom is -0.494 e. The molecule has 142 valence electrons. The Labute approximate surface area is 163 Å². The van der Waals surface area contributed by atoms with Crippen LogP contribution in [0.15, 0.2) is 84.0 Å². The van der Waals surface area contributed by atoms with Crippen molar-refractivity contribution < 1.29 is 17.6 Å². The number of sulfonamides is 1. The number of fused-ring (bicyclic) bond motifs is 1. The molecule has 0 unspecified atom stereocenters. The fourth-order valence-electron chi connectivity index (χ4n) is 2.94. The smallest absolute Gasteiger partial charge is 0.284 e. The molecular formula is C21H20N3O3S+. The molecule has 0 amide bonds. The molecule has 0 bridgehead atoms. The highest BCUT2D eigenvalue weighted by atomic mass is 32.2. The summed E-state index contributed by atoms with van der Waals surface area (Å²) in [5, 5.41) is 0. The Morgan fingerprint density at radius 2 is 1.75 bits per heavy atom. The Kier molecular flexibility index (Phi) is 4.75. The highest BCUT2D eigenvalue weighted by Crippen LogP contribution is 2.22. The van der Waals surface area contributed by atoms with Crippen molar-refractivity contribution >= 4 is 21.4 Å². The zero-order valence-corrected chi connectivity index (χ0v) is 16.1. The lowest BCUT2D eigenvalue weighted by Gasteiger charge is -2.09. The monoisotopic (exact) mass is 394 g/mol. The van der Waals surface area contributed by atoms with Crippen LogP contribution in [0, 0.1) is 0 Å². The van der Waals surface area contributed by atoms with Crippen LogP contribution in [0.25, 0.3) is 16.9 Å². The lowest BCUT2D eigenvalue weighted by molar-refractivity contribution is -0.509. The van der Waals surface area contributed by atoms with Gasteiger partial charge in [0, 0.05) is 17.3 Å². The highest BCUT2D eigenvalue weighted by Gasteiger charge is 2.15. The van der Waals surface area contributed by atoms with Crippen molar-refractivity contribution in [2.75, 3.05) is 11.3 Å². The number of nitrogens with one attached hydrogen (secondary N) is 2. The van der Waals surface area contributed by atoms with E-state index < -0.39 is 10.0 Å². The standard InChI is InChI=1S/C21H19N3O3S/c1-2-27-18-10-12-19(13-11-18)28(25,26)23-17-8-6-16(7-9-17)20-15-24-14-4-3-5-21(24)22-20/h3-15,23H,2H2,1H3/p+1. The molecule has 4 rings (SSSR count). The third-order valence-electron chi connectivity index (χ3n) is 4.31. The van der Waals surface area contributed by atoms with Gasteiger partial charge in [-0.2, -0.15) is 0 Å². The lowest BCUT2D eigenvalue weighted by atomic mass is 10.1. The average Bonchev–Trinajstić information content (AvgIpc) is 3.13. The lowest BCUT2D eigenvalue weighted by Crippen LogP contribution is -2.15. The van der Waals surface area contributed by atoms with Crippen LogP contribution >= 0.6 is 0 Å². The van der Waals surface area contributed by atoms with Crippen molar-refractivity contribution in [2.45, 2.75) is 11.8 Å². The number of H-pyrrole nitrogens is 1. The molecule has 2 aromatic heterocycles. The van der Waals surface area contributed by atoms with E-state index in [-0.39, 0.29) is 4.90 Å². The molecule has 0 radical (unpaired) electrons. The van der Waals surface area contributed by atoms with Crippen LogP contribution in [0.2, 0.25) is 0 Å². The van der Waals surface area contributed by atoms with E-state index in [9.17, 15) is 8.42 Å².